The normalized spacial score (nSPS) is 20.8. The number of nitrogens with one attached hydrogen (secondary N) is 1. The van der Waals surface area contributed by atoms with Gasteiger partial charge < -0.3 is 15.1 Å². The first kappa shape index (κ1) is 19.9. The molecule has 9 heteroatoms. The largest absolute Gasteiger partial charge is 0.339 e. The van der Waals surface area contributed by atoms with E-state index in [1.165, 1.54) is 9.40 Å². The SMILES string of the molecule is Cl.O=C(CC1CSCCN1)N1CCN(C(=O)c2cc3sccc3s2)CC1. The van der Waals surface area contributed by atoms with E-state index in [2.05, 4.69) is 16.8 Å². The third kappa shape index (κ3) is 4.36. The van der Waals surface area contributed by atoms with Gasteiger partial charge in [-0.25, -0.2) is 0 Å². The Hall–Kier alpha value is -0.800. The van der Waals surface area contributed by atoms with Crippen molar-refractivity contribution in [3.05, 3.63) is 22.4 Å². The van der Waals surface area contributed by atoms with E-state index in [9.17, 15) is 9.59 Å². The quantitative estimate of drug-likeness (QED) is 0.811. The van der Waals surface area contributed by atoms with Crippen molar-refractivity contribution in [2.75, 3.05) is 44.2 Å². The number of carbonyl (C=O) groups excluding carboxylic acids is 2. The van der Waals surface area contributed by atoms with Gasteiger partial charge in [-0.05, 0) is 17.5 Å². The zero-order chi connectivity index (χ0) is 17.2. The van der Waals surface area contributed by atoms with Crippen LogP contribution in [-0.2, 0) is 4.79 Å². The van der Waals surface area contributed by atoms with Crippen LogP contribution < -0.4 is 5.32 Å². The molecular formula is C17H22ClN3O2S3. The second-order valence-electron chi connectivity index (χ2n) is 6.36. The number of halogens is 1. The molecule has 2 fully saturated rings. The van der Waals surface area contributed by atoms with Gasteiger partial charge in [-0.3, -0.25) is 9.59 Å². The lowest BCUT2D eigenvalue weighted by Crippen LogP contribution is -2.52. The van der Waals surface area contributed by atoms with E-state index < -0.39 is 0 Å². The molecule has 4 heterocycles. The van der Waals surface area contributed by atoms with Crippen LogP contribution in [0, 0.1) is 0 Å². The molecule has 4 rings (SSSR count). The first-order valence-corrected chi connectivity index (χ1v) is 11.4. The lowest BCUT2D eigenvalue weighted by molar-refractivity contribution is -0.133. The lowest BCUT2D eigenvalue weighted by Gasteiger charge is -2.35. The van der Waals surface area contributed by atoms with Crippen LogP contribution in [0.25, 0.3) is 9.40 Å². The van der Waals surface area contributed by atoms with Crippen molar-refractivity contribution in [1.82, 2.24) is 15.1 Å². The maximum Gasteiger partial charge on any atom is 0.264 e. The molecule has 1 unspecified atom stereocenters. The van der Waals surface area contributed by atoms with Crippen LogP contribution in [0.15, 0.2) is 17.5 Å². The van der Waals surface area contributed by atoms with Crippen molar-refractivity contribution in [3.8, 4) is 0 Å². The second kappa shape index (κ2) is 8.93. The third-order valence-corrected chi connectivity index (χ3v) is 7.90. The molecule has 2 aliphatic rings. The predicted molar refractivity (Wildman–Crippen MR) is 113 cm³/mol. The van der Waals surface area contributed by atoms with Gasteiger partial charge in [0, 0.05) is 66.1 Å². The van der Waals surface area contributed by atoms with Gasteiger partial charge in [0.2, 0.25) is 5.91 Å². The first-order chi connectivity index (χ1) is 12.2. The summed E-state index contributed by atoms with van der Waals surface area (Å²) in [5.74, 6) is 2.46. The maximum absolute atomic E-state index is 12.7. The first-order valence-electron chi connectivity index (χ1n) is 8.56. The van der Waals surface area contributed by atoms with Gasteiger partial charge in [-0.15, -0.1) is 35.1 Å². The van der Waals surface area contributed by atoms with Crippen LogP contribution in [-0.4, -0.2) is 71.9 Å². The summed E-state index contributed by atoms with van der Waals surface area (Å²) in [7, 11) is 0. The fourth-order valence-electron chi connectivity index (χ4n) is 3.28. The molecule has 2 saturated heterocycles. The summed E-state index contributed by atoms with van der Waals surface area (Å²) in [6, 6.07) is 4.36. The Morgan fingerprint density at radius 2 is 1.92 bits per heavy atom. The highest BCUT2D eigenvalue weighted by atomic mass is 35.5. The van der Waals surface area contributed by atoms with Gasteiger partial charge in [-0.1, -0.05) is 0 Å². The molecule has 0 saturated carbocycles. The number of nitrogens with zero attached hydrogens (tertiary/aromatic N) is 2. The van der Waals surface area contributed by atoms with E-state index in [4.69, 9.17) is 0 Å². The Balaban J connectivity index is 0.00000196. The molecular weight excluding hydrogens is 410 g/mol. The Morgan fingerprint density at radius 1 is 1.15 bits per heavy atom. The fraction of sp³-hybridized carbons (Fsp3) is 0.529. The van der Waals surface area contributed by atoms with E-state index >= 15 is 0 Å². The lowest BCUT2D eigenvalue weighted by atomic mass is 10.2. The summed E-state index contributed by atoms with van der Waals surface area (Å²) in [5, 5.41) is 5.47. The molecule has 2 aliphatic heterocycles. The van der Waals surface area contributed by atoms with E-state index in [1.807, 2.05) is 27.6 Å². The van der Waals surface area contributed by atoms with Gasteiger partial charge >= 0.3 is 0 Å². The molecule has 0 bridgehead atoms. The average Bonchev–Trinajstić information content (AvgIpc) is 3.24. The van der Waals surface area contributed by atoms with E-state index in [0.717, 1.165) is 22.9 Å². The zero-order valence-electron chi connectivity index (χ0n) is 14.3. The van der Waals surface area contributed by atoms with Crippen LogP contribution in [0.1, 0.15) is 16.1 Å². The van der Waals surface area contributed by atoms with Crippen LogP contribution in [0.3, 0.4) is 0 Å². The van der Waals surface area contributed by atoms with Gasteiger partial charge in [0.05, 0.1) is 4.88 Å². The molecule has 0 spiro atoms. The zero-order valence-corrected chi connectivity index (χ0v) is 17.6. The summed E-state index contributed by atoms with van der Waals surface area (Å²) in [4.78, 5) is 29.8. The number of amides is 2. The third-order valence-electron chi connectivity index (χ3n) is 4.69. The standard InChI is InChI=1S/C17H21N3O2S3.ClH/c21-16(9-12-11-23-8-2-18-12)19-3-5-20(6-4-19)17(22)15-10-14-13(25-15)1-7-24-14;/h1,7,10,12,18H,2-6,8-9,11H2;1H. The van der Waals surface area contributed by atoms with Crippen molar-refractivity contribution in [2.24, 2.45) is 0 Å². The Bertz CT molecular complexity index is 736. The second-order valence-corrected chi connectivity index (χ2v) is 9.54. The molecule has 0 aliphatic carbocycles. The summed E-state index contributed by atoms with van der Waals surface area (Å²) in [6.07, 6.45) is 0.572. The number of rotatable bonds is 3. The molecule has 1 N–H and O–H groups in total. The smallest absolute Gasteiger partial charge is 0.264 e. The maximum atomic E-state index is 12.7. The van der Waals surface area contributed by atoms with Gasteiger partial charge in [0.1, 0.15) is 0 Å². The molecule has 2 aromatic heterocycles. The van der Waals surface area contributed by atoms with Crippen LogP contribution >= 0.6 is 46.8 Å². The molecule has 26 heavy (non-hydrogen) atoms. The molecule has 0 aromatic carbocycles. The molecule has 0 radical (unpaired) electrons. The van der Waals surface area contributed by atoms with Crippen molar-refractivity contribution in [3.63, 3.8) is 0 Å². The van der Waals surface area contributed by atoms with Crippen LogP contribution in [0.2, 0.25) is 0 Å². The number of thiophene rings is 2. The minimum absolute atomic E-state index is 0. The molecule has 2 aromatic rings. The van der Waals surface area contributed by atoms with Crippen molar-refractivity contribution >= 4 is 68.1 Å². The molecule has 5 nitrogen and oxygen atoms in total. The molecule has 2 amide bonds. The minimum atomic E-state index is 0. The Morgan fingerprint density at radius 3 is 2.62 bits per heavy atom. The number of carbonyl (C=O) groups is 2. The van der Waals surface area contributed by atoms with Gasteiger partial charge in [0.15, 0.2) is 0 Å². The highest BCUT2D eigenvalue weighted by Crippen LogP contribution is 2.30. The highest BCUT2D eigenvalue weighted by molar-refractivity contribution is 7.99. The predicted octanol–water partition coefficient (Wildman–Crippen LogP) is 2.76. The van der Waals surface area contributed by atoms with Gasteiger partial charge in [0.25, 0.3) is 5.91 Å². The number of fused-ring (bicyclic) bond motifs is 1. The number of hydrogen-bond donors (Lipinski definition) is 1. The van der Waals surface area contributed by atoms with E-state index in [1.54, 1.807) is 22.7 Å². The van der Waals surface area contributed by atoms with Crippen molar-refractivity contribution in [2.45, 2.75) is 12.5 Å². The topological polar surface area (TPSA) is 52.7 Å². The van der Waals surface area contributed by atoms with Crippen molar-refractivity contribution in [1.29, 1.82) is 0 Å². The van der Waals surface area contributed by atoms with Crippen molar-refractivity contribution < 1.29 is 9.59 Å². The monoisotopic (exact) mass is 431 g/mol. The number of thioether (sulfide) groups is 1. The number of hydrogen-bond acceptors (Lipinski definition) is 6. The summed E-state index contributed by atoms with van der Waals surface area (Å²) in [5.41, 5.74) is 0. The van der Waals surface area contributed by atoms with E-state index in [-0.39, 0.29) is 24.2 Å². The number of piperazine rings is 1. The van der Waals surface area contributed by atoms with Crippen LogP contribution in [0.4, 0.5) is 0 Å². The Kier molecular flexibility index (Phi) is 6.85. The summed E-state index contributed by atoms with van der Waals surface area (Å²) < 4.78 is 2.36. The molecule has 142 valence electrons. The molecule has 1 atom stereocenters. The summed E-state index contributed by atoms with van der Waals surface area (Å²) in [6.45, 7) is 3.53. The average molecular weight is 432 g/mol. The highest BCUT2D eigenvalue weighted by Gasteiger charge is 2.27. The van der Waals surface area contributed by atoms with E-state index in [0.29, 0.717) is 38.6 Å². The minimum Gasteiger partial charge on any atom is -0.339 e. The fourth-order valence-corrected chi connectivity index (χ4v) is 6.30. The van der Waals surface area contributed by atoms with Gasteiger partial charge in [-0.2, -0.15) is 11.8 Å². The Labute approximate surface area is 171 Å². The summed E-state index contributed by atoms with van der Waals surface area (Å²) >= 11 is 5.15. The van der Waals surface area contributed by atoms with Crippen LogP contribution in [0.5, 0.6) is 0 Å².